The average Bonchev–Trinajstić information content (AvgIpc) is 2.77. The molecule has 1 N–H and O–H groups in total. The lowest BCUT2D eigenvalue weighted by atomic mass is 10.0. The van der Waals surface area contributed by atoms with Gasteiger partial charge in [-0.15, -0.1) is 0 Å². The van der Waals surface area contributed by atoms with E-state index in [0.29, 0.717) is 38.5 Å². The maximum absolute atomic E-state index is 12.6. The van der Waals surface area contributed by atoms with Gasteiger partial charge in [-0.3, -0.25) is 9.80 Å². The van der Waals surface area contributed by atoms with Gasteiger partial charge in [0.25, 0.3) is 0 Å². The van der Waals surface area contributed by atoms with Crippen LogP contribution in [0.4, 0.5) is 9.59 Å². The minimum absolute atomic E-state index is 0.132. The summed E-state index contributed by atoms with van der Waals surface area (Å²) in [6, 6.07) is 6.29. The fraction of sp³-hybridized carbons (Fsp3) is 0.654. The van der Waals surface area contributed by atoms with Crippen molar-refractivity contribution >= 4 is 18.2 Å². The molecule has 1 atom stereocenters. The zero-order chi connectivity index (χ0) is 27.1. The monoisotopic (exact) mass is 507 g/mol. The van der Waals surface area contributed by atoms with Gasteiger partial charge >= 0.3 is 18.2 Å². The number of nitrogens with zero attached hydrogens (tertiary/aromatic N) is 3. The number of esters is 1. The predicted octanol–water partition coefficient (Wildman–Crippen LogP) is 3.48. The molecule has 0 radical (unpaired) electrons. The number of benzene rings is 1. The summed E-state index contributed by atoms with van der Waals surface area (Å²) < 4.78 is 16.2. The number of hydrogen-bond donors (Lipinski definition) is 1. The molecule has 0 aromatic heterocycles. The van der Waals surface area contributed by atoms with E-state index in [1.165, 1.54) is 7.11 Å². The summed E-state index contributed by atoms with van der Waals surface area (Å²) in [6.45, 7) is 14.1. The fourth-order valence-corrected chi connectivity index (χ4v) is 3.84. The molecule has 10 nitrogen and oxygen atoms in total. The van der Waals surface area contributed by atoms with Crippen molar-refractivity contribution in [3.63, 3.8) is 0 Å². The van der Waals surface area contributed by atoms with Crippen molar-refractivity contribution in [1.29, 1.82) is 0 Å². The molecule has 1 aromatic rings. The minimum Gasteiger partial charge on any atom is -0.488 e. The van der Waals surface area contributed by atoms with E-state index in [1.807, 2.05) is 65.8 Å². The average molecular weight is 508 g/mol. The zero-order valence-electron chi connectivity index (χ0n) is 22.6. The van der Waals surface area contributed by atoms with Crippen LogP contribution in [0, 0.1) is 0 Å². The quantitative estimate of drug-likeness (QED) is 0.533. The zero-order valence-corrected chi connectivity index (χ0v) is 22.6. The molecule has 1 fully saturated rings. The minimum atomic E-state index is -1.19. The molecule has 1 heterocycles. The first kappa shape index (κ1) is 29.2. The highest BCUT2D eigenvalue weighted by Crippen LogP contribution is 2.20. The van der Waals surface area contributed by atoms with Crippen LogP contribution in [0.25, 0.3) is 0 Å². The highest BCUT2D eigenvalue weighted by atomic mass is 16.6. The number of ether oxygens (including phenoxy) is 3. The summed E-state index contributed by atoms with van der Waals surface area (Å²) in [7, 11) is 1.26. The summed E-state index contributed by atoms with van der Waals surface area (Å²) >= 11 is 0. The highest BCUT2D eigenvalue weighted by molar-refractivity contribution is 5.81. The highest BCUT2D eigenvalue weighted by Gasteiger charge is 2.32. The van der Waals surface area contributed by atoms with E-state index in [4.69, 9.17) is 14.2 Å². The van der Waals surface area contributed by atoms with Gasteiger partial charge in [0, 0.05) is 45.7 Å². The summed E-state index contributed by atoms with van der Waals surface area (Å²) in [6.07, 6.45) is -1.36. The van der Waals surface area contributed by atoms with Crippen molar-refractivity contribution in [3.05, 3.63) is 29.8 Å². The van der Waals surface area contributed by atoms with E-state index in [0.717, 1.165) is 10.5 Å². The van der Waals surface area contributed by atoms with Crippen LogP contribution in [-0.2, 0) is 20.7 Å². The Bertz CT molecular complexity index is 882. The number of amides is 2. The third-order valence-electron chi connectivity index (χ3n) is 5.55. The van der Waals surface area contributed by atoms with Crippen LogP contribution in [0.3, 0.4) is 0 Å². The first-order valence-electron chi connectivity index (χ1n) is 12.2. The molecular formula is C26H41N3O7. The molecular weight excluding hydrogens is 466 g/mol. The third-order valence-corrected chi connectivity index (χ3v) is 5.55. The number of piperazine rings is 1. The molecule has 0 spiro atoms. The maximum Gasteiger partial charge on any atom is 0.410 e. The normalized spacial score (nSPS) is 15.7. The van der Waals surface area contributed by atoms with Crippen molar-refractivity contribution in [1.82, 2.24) is 14.7 Å². The Balaban J connectivity index is 2.00. The van der Waals surface area contributed by atoms with E-state index in [2.05, 4.69) is 4.90 Å². The molecule has 0 bridgehead atoms. The first-order valence-corrected chi connectivity index (χ1v) is 12.2. The molecule has 0 saturated carbocycles. The van der Waals surface area contributed by atoms with Gasteiger partial charge in [0.1, 0.15) is 23.0 Å². The number of carbonyl (C=O) groups excluding carboxylic acids is 2. The summed E-state index contributed by atoms with van der Waals surface area (Å²) in [4.78, 5) is 41.8. The molecule has 2 rings (SSSR count). The second kappa shape index (κ2) is 12.3. The Kier molecular flexibility index (Phi) is 9.98. The molecule has 1 aliphatic rings. The molecule has 0 unspecified atom stereocenters. The lowest BCUT2D eigenvalue weighted by molar-refractivity contribution is -0.146. The molecule has 202 valence electrons. The van der Waals surface area contributed by atoms with Crippen molar-refractivity contribution in [2.45, 2.75) is 65.2 Å². The SMILES string of the molecule is COC(=O)[C@H](Cc1ccc(OC(C)(C)C)cc1)N(CCN1CCN(C(=O)OC(C)(C)C)CC1)C(=O)O. The van der Waals surface area contributed by atoms with Gasteiger partial charge in [-0.25, -0.2) is 14.4 Å². The first-order chi connectivity index (χ1) is 16.7. The Morgan fingerprint density at radius 1 is 0.972 bits per heavy atom. The van der Waals surface area contributed by atoms with Crippen LogP contribution in [0.15, 0.2) is 24.3 Å². The topological polar surface area (TPSA) is 109 Å². The van der Waals surface area contributed by atoms with Crippen molar-refractivity contribution < 1.29 is 33.7 Å². The number of carbonyl (C=O) groups is 3. The molecule has 0 aliphatic carbocycles. The molecule has 36 heavy (non-hydrogen) atoms. The number of methoxy groups -OCH3 is 1. The summed E-state index contributed by atoms with van der Waals surface area (Å²) in [5.41, 5.74) is -0.1000. The van der Waals surface area contributed by atoms with E-state index < -0.39 is 23.7 Å². The summed E-state index contributed by atoms with van der Waals surface area (Å²) in [5, 5.41) is 9.90. The van der Waals surface area contributed by atoms with E-state index in [9.17, 15) is 19.5 Å². The number of rotatable bonds is 8. The third kappa shape index (κ3) is 9.56. The van der Waals surface area contributed by atoms with Crippen LogP contribution < -0.4 is 4.74 Å². The van der Waals surface area contributed by atoms with Gasteiger partial charge in [0.15, 0.2) is 0 Å². The molecule has 10 heteroatoms. The molecule has 1 saturated heterocycles. The van der Waals surface area contributed by atoms with Crippen molar-refractivity contribution in [2.24, 2.45) is 0 Å². The van der Waals surface area contributed by atoms with E-state index in [-0.39, 0.29) is 24.7 Å². The van der Waals surface area contributed by atoms with Gasteiger partial charge in [0.05, 0.1) is 7.11 Å². The number of hydrogen-bond acceptors (Lipinski definition) is 7. The lowest BCUT2D eigenvalue weighted by Gasteiger charge is -2.36. The second-order valence-electron chi connectivity index (χ2n) is 10.9. The van der Waals surface area contributed by atoms with Gasteiger partial charge in [0.2, 0.25) is 0 Å². The predicted molar refractivity (Wildman–Crippen MR) is 135 cm³/mol. The smallest absolute Gasteiger partial charge is 0.410 e. The number of carboxylic acid groups (broad SMARTS) is 1. The van der Waals surface area contributed by atoms with E-state index >= 15 is 0 Å². The molecule has 1 aliphatic heterocycles. The largest absolute Gasteiger partial charge is 0.488 e. The Morgan fingerprint density at radius 2 is 1.56 bits per heavy atom. The Hall–Kier alpha value is -3.01. The van der Waals surface area contributed by atoms with Gasteiger partial charge < -0.3 is 24.2 Å². The van der Waals surface area contributed by atoms with Crippen LogP contribution in [0.1, 0.15) is 47.1 Å². The Morgan fingerprint density at radius 3 is 2.03 bits per heavy atom. The fourth-order valence-electron chi connectivity index (χ4n) is 3.84. The van der Waals surface area contributed by atoms with Crippen LogP contribution in [0.2, 0.25) is 0 Å². The van der Waals surface area contributed by atoms with Gasteiger partial charge in [-0.1, -0.05) is 12.1 Å². The van der Waals surface area contributed by atoms with Crippen molar-refractivity contribution in [3.8, 4) is 5.75 Å². The maximum atomic E-state index is 12.6. The lowest BCUT2D eigenvalue weighted by Crippen LogP contribution is -2.53. The van der Waals surface area contributed by atoms with Crippen LogP contribution in [0.5, 0.6) is 5.75 Å². The standard InChI is InChI=1S/C26H41N3O7/c1-25(2,3)35-20-10-8-19(9-11-20)18-21(22(30)34-7)29(23(31)32)17-14-27-12-15-28(16-13-27)24(33)36-26(4,5)6/h8-11,21H,12-18H2,1-7H3,(H,31,32)/t21-/m0/s1. The van der Waals surface area contributed by atoms with Gasteiger partial charge in [-0.2, -0.15) is 0 Å². The van der Waals surface area contributed by atoms with Gasteiger partial charge in [-0.05, 0) is 59.2 Å². The van der Waals surface area contributed by atoms with Crippen molar-refractivity contribution in [2.75, 3.05) is 46.4 Å². The Labute approximate surface area is 214 Å². The van der Waals surface area contributed by atoms with Crippen LogP contribution in [-0.4, -0.2) is 102 Å². The summed E-state index contributed by atoms with van der Waals surface area (Å²) in [5.74, 6) is 0.0867. The van der Waals surface area contributed by atoms with Crippen LogP contribution >= 0.6 is 0 Å². The van der Waals surface area contributed by atoms with E-state index in [1.54, 1.807) is 4.90 Å². The second-order valence-corrected chi connectivity index (χ2v) is 10.9. The molecule has 2 amide bonds. The molecule has 1 aromatic carbocycles.